The van der Waals surface area contributed by atoms with E-state index in [1.165, 1.54) is 26.0 Å². The Hall–Kier alpha value is -2.02. The van der Waals surface area contributed by atoms with Crippen LogP contribution in [0.2, 0.25) is 0 Å². The zero-order valence-electron chi connectivity index (χ0n) is 13.1. The molecular formula is C16H20O6S. The molecule has 0 aliphatic carbocycles. The van der Waals surface area contributed by atoms with Gasteiger partial charge in [0, 0.05) is 11.3 Å². The number of aliphatic carboxylic acids is 1. The maximum Gasteiger partial charge on any atom is 0.337 e. The second kappa shape index (κ2) is 9.89. The molecule has 0 aliphatic heterocycles. The van der Waals surface area contributed by atoms with Gasteiger partial charge in [-0.15, -0.1) is 11.8 Å². The van der Waals surface area contributed by atoms with E-state index in [9.17, 15) is 19.5 Å². The molecule has 1 atom stereocenters. The summed E-state index contributed by atoms with van der Waals surface area (Å²) in [4.78, 5) is 34.4. The van der Waals surface area contributed by atoms with Gasteiger partial charge in [0.15, 0.2) is 0 Å². The summed E-state index contributed by atoms with van der Waals surface area (Å²) >= 11 is 1.22. The molecule has 6 nitrogen and oxygen atoms in total. The van der Waals surface area contributed by atoms with Gasteiger partial charge in [-0.1, -0.05) is 6.42 Å². The standard InChI is InChI=1S/C16H20O6S/c1-21-14(17)6-4-3-5-13(15(18)19)23-12-9-7-11(8-10-12)16(20)22-2/h7-10,13H,3-6H2,1-2H3,(H,18,19). The summed E-state index contributed by atoms with van der Waals surface area (Å²) < 4.78 is 9.15. The first-order valence-corrected chi connectivity index (χ1v) is 8.00. The van der Waals surface area contributed by atoms with Crippen LogP contribution >= 0.6 is 11.8 Å². The Kier molecular flexibility index (Phi) is 8.18. The first-order chi connectivity index (χ1) is 11.0. The normalized spacial score (nSPS) is 11.6. The molecule has 0 aliphatic rings. The molecule has 1 aromatic carbocycles. The number of rotatable bonds is 9. The molecule has 0 fully saturated rings. The van der Waals surface area contributed by atoms with Crippen molar-refractivity contribution in [1.29, 1.82) is 0 Å². The van der Waals surface area contributed by atoms with Crippen molar-refractivity contribution in [2.24, 2.45) is 0 Å². The summed E-state index contributed by atoms with van der Waals surface area (Å²) in [5.41, 5.74) is 0.418. The van der Waals surface area contributed by atoms with E-state index in [1.54, 1.807) is 24.3 Å². The molecule has 23 heavy (non-hydrogen) atoms. The van der Waals surface area contributed by atoms with Crippen LogP contribution in [-0.4, -0.2) is 42.5 Å². The van der Waals surface area contributed by atoms with Gasteiger partial charge in [-0.3, -0.25) is 9.59 Å². The zero-order chi connectivity index (χ0) is 17.2. The Morgan fingerprint density at radius 1 is 1.09 bits per heavy atom. The average Bonchev–Trinajstić information content (AvgIpc) is 2.56. The van der Waals surface area contributed by atoms with Gasteiger partial charge in [0.2, 0.25) is 0 Å². The molecule has 1 rings (SSSR count). The van der Waals surface area contributed by atoms with Gasteiger partial charge < -0.3 is 14.6 Å². The number of carbonyl (C=O) groups is 3. The van der Waals surface area contributed by atoms with Crippen LogP contribution in [0.25, 0.3) is 0 Å². The molecule has 7 heteroatoms. The predicted molar refractivity (Wildman–Crippen MR) is 85.5 cm³/mol. The summed E-state index contributed by atoms with van der Waals surface area (Å²) in [6.45, 7) is 0. The van der Waals surface area contributed by atoms with Crippen LogP contribution in [0.4, 0.5) is 0 Å². The highest BCUT2D eigenvalue weighted by molar-refractivity contribution is 8.00. The van der Waals surface area contributed by atoms with Crippen molar-refractivity contribution in [3.05, 3.63) is 29.8 Å². The maximum atomic E-state index is 11.3. The van der Waals surface area contributed by atoms with E-state index in [0.29, 0.717) is 31.2 Å². The van der Waals surface area contributed by atoms with Gasteiger partial charge in [0.25, 0.3) is 0 Å². The quantitative estimate of drug-likeness (QED) is 0.420. The summed E-state index contributed by atoms with van der Waals surface area (Å²) in [5.74, 6) is -1.62. The Balaban J connectivity index is 2.53. The van der Waals surface area contributed by atoms with E-state index in [0.717, 1.165) is 4.90 Å². The van der Waals surface area contributed by atoms with Gasteiger partial charge in [-0.05, 0) is 37.1 Å². The number of carbonyl (C=O) groups excluding carboxylic acids is 2. The molecule has 0 aromatic heterocycles. The van der Waals surface area contributed by atoms with Gasteiger partial charge in [-0.2, -0.15) is 0 Å². The van der Waals surface area contributed by atoms with Crippen molar-refractivity contribution in [3.8, 4) is 0 Å². The summed E-state index contributed by atoms with van der Waals surface area (Å²) in [5, 5.41) is 8.68. The van der Waals surface area contributed by atoms with Gasteiger partial charge in [-0.25, -0.2) is 4.79 Å². The average molecular weight is 340 g/mol. The minimum atomic E-state index is -0.898. The van der Waals surface area contributed by atoms with E-state index >= 15 is 0 Å². The Labute approximate surface area is 139 Å². The van der Waals surface area contributed by atoms with Crippen LogP contribution in [0.3, 0.4) is 0 Å². The Bertz CT molecular complexity index is 540. The minimum absolute atomic E-state index is 0.289. The first-order valence-electron chi connectivity index (χ1n) is 7.12. The van der Waals surface area contributed by atoms with E-state index in [4.69, 9.17) is 0 Å². The number of benzene rings is 1. The number of methoxy groups -OCH3 is 2. The number of thioether (sulfide) groups is 1. The van der Waals surface area contributed by atoms with E-state index in [2.05, 4.69) is 9.47 Å². The van der Waals surface area contributed by atoms with Crippen molar-refractivity contribution < 1.29 is 29.0 Å². The van der Waals surface area contributed by atoms with Crippen molar-refractivity contribution >= 4 is 29.7 Å². The lowest BCUT2D eigenvalue weighted by Gasteiger charge is -2.12. The van der Waals surface area contributed by atoms with Gasteiger partial charge in [0.1, 0.15) is 5.25 Å². The van der Waals surface area contributed by atoms with Crippen LogP contribution in [0.1, 0.15) is 36.0 Å². The van der Waals surface area contributed by atoms with Crippen LogP contribution in [0.15, 0.2) is 29.2 Å². The monoisotopic (exact) mass is 340 g/mol. The molecule has 0 spiro atoms. The molecule has 0 radical (unpaired) electrons. The SMILES string of the molecule is COC(=O)CCCCC(Sc1ccc(C(=O)OC)cc1)C(=O)O. The van der Waals surface area contributed by atoms with Gasteiger partial charge >= 0.3 is 17.9 Å². The highest BCUT2D eigenvalue weighted by Gasteiger charge is 2.19. The molecule has 126 valence electrons. The fourth-order valence-electron chi connectivity index (χ4n) is 1.89. The molecular weight excluding hydrogens is 320 g/mol. The molecule has 1 unspecified atom stereocenters. The summed E-state index contributed by atoms with van der Waals surface area (Å²) in [6, 6.07) is 6.59. The van der Waals surface area contributed by atoms with Crippen LogP contribution in [0.5, 0.6) is 0 Å². The van der Waals surface area contributed by atoms with Crippen LogP contribution in [0, 0.1) is 0 Å². The molecule has 0 saturated carbocycles. The molecule has 0 saturated heterocycles. The van der Waals surface area contributed by atoms with Crippen LogP contribution in [-0.2, 0) is 19.1 Å². The fraction of sp³-hybridized carbons (Fsp3) is 0.438. The zero-order valence-corrected chi connectivity index (χ0v) is 13.9. The number of esters is 2. The van der Waals surface area contributed by atoms with Crippen molar-refractivity contribution in [3.63, 3.8) is 0 Å². The van der Waals surface area contributed by atoms with Crippen LogP contribution < -0.4 is 0 Å². The summed E-state index contributed by atoms with van der Waals surface area (Å²) in [6.07, 6.45) is 1.97. The lowest BCUT2D eigenvalue weighted by Crippen LogP contribution is -2.16. The number of carboxylic acid groups (broad SMARTS) is 1. The smallest absolute Gasteiger partial charge is 0.337 e. The fourth-order valence-corrected chi connectivity index (χ4v) is 2.89. The van der Waals surface area contributed by atoms with Gasteiger partial charge in [0.05, 0.1) is 19.8 Å². The third kappa shape index (κ3) is 6.73. The second-order valence-corrected chi connectivity index (χ2v) is 6.06. The van der Waals surface area contributed by atoms with Crippen molar-refractivity contribution in [2.75, 3.05) is 14.2 Å². The number of ether oxygens (including phenoxy) is 2. The number of hydrogen-bond donors (Lipinski definition) is 1. The number of unbranched alkanes of at least 4 members (excludes halogenated alkanes) is 1. The van der Waals surface area contributed by atoms with E-state index < -0.39 is 17.2 Å². The molecule has 1 aromatic rings. The second-order valence-electron chi connectivity index (χ2n) is 4.78. The lowest BCUT2D eigenvalue weighted by atomic mass is 10.1. The predicted octanol–water partition coefficient (Wildman–Crippen LogP) is 2.75. The van der Waals surface area contributed by atoms with Crippen molar-refractivity contribution in [2.45, 2.75) is 35.8 Å². The highest BCUT2D eigenvalue weighted by Crippen LogP contribution is 2.27. The number of hydrogen-bond acceptors (Lipinski definition) is 6. The highest BCUT2D eigenvalue weighted by atomic mass is 32.2. The minimum Gasteiger partial charge on any atom is -0.480 e. The maximum absolute atomic E-state index is 11.3. The largest absolute Gasteiger partial charge is 0.480 e. The molecule has 0 bridgehead atoms. The van der Waals surface area contributed by atoms with E-state index in [1.807, 2.05) is 0 Å². The molecule has 1 N–H and O–H groups in total. The van der Waals surface area contributed by atoms with E-state index in [-0.39, 0.29) is 5.97 Å². The Morgan fingerprint density at radius 3 is 2.26 bits per heavy atom. The van der Waals surface area contributed by atoms with Crippen molar-refractivity contribution in [1.82, 2.24) is 0 Å². The lowest BCUT2D eigenvalue weighted by molar-refractivity contribution is -0.140. The molecule has 0 amide bonds. The molecule has 0 heterocycles. The summed E-state index contributed by atoms with van der Waals surface area (Å²) in [7, 11) is 2.63. The third-order valence-electron chi connectivity index (χ3n) is 3.15. The third-order valence-corrected chi connectivity index (χ3v) is 4.42. The topological polar surface area (TPSA) is 89.9 Å². The number of carboxylic acids is 1. The first kappa shape index (κ1) is 19.0. The Morgan fingerprint density at radius 2 is 1.74 bits per heavy atom.